The number of primary amides is 1. The zero-order chi connectivity index (χ0) is 8.27. The van der Waals surface area contributed by atoms with Crippen LogP contribution in [0, 0.1) is 5.41 Å². The fraction of sp³-hybridized carbons (Fsp3) is 0.667. The van der Waals surface area contributed by atoms with Crippen molar-refractivity contribution in [3.63, 3.8) is 0 Å². The molecule has 4 N–H and O–H groups in total. The van der Waals surface area contributed by atoms with Crippen molar-refractivity contribution >= 4 is 24.4 Å². The topological polar surface area (TPSA) is 82.2 Å². The largest absolute Gasteiger partial charge is 0.351 e. The first-order valence-corrected chi connectivity index (χ1v) is 3.60. The molecule has 70 valence electrons. The van der Waals surface area contributed by atoms with Crippen LogP contribution in [0.5, 0.6) is 0 Å². The van der Waals surface area contributed by atoms with Crippen LogP contribution in [0.4, 0.5) is 4.79 Å². The Morgan fingerprint density at radius 3 is 2.33 bits per heavy atom. The van der Waals surface area contributed by atoms with Crippen molar-refractivity contribution in [1.29, 1.82) is 5.41 Å². The normalized spacial score (nSPS) is 15.2. The van der Waals surface area contributed by atoms with Crippen molar-refractivity contribution in [1.82, 2.24) is 10.2 Å². The third-order valence-corrected chi connectivity index (χ3v) is 1.66. The molecule has 1 saturated heterocycles. The van der Waals surface area contributed by atoms with Crippen LogP contribution in [0.1, 0.15) is 12.8 Å². The number of halogens is 1. The van der Waals surface area contributed by atoms with Crippen LogP contribution in [0.2, 0.25) is 0 Å². The van der Waals surface area contributed by atoms with Crippen molar-refractivity contribution in [3.8, 4) is 0 Å². The highest BCUT2D eigenvalue weighted by atomic mass is 35.5. The average molecular weight is 193 g/mol. The smallest absolute Gasteiger partial charge is 0.318 e. The van der Waals surface area contributed by atoms with E-state index in [0.29, 0.717) is 0 Å². The van der Waals surface area contributed by atoms with E-state index in [1.54, 1.807) is 4.90 Å². The van der Waals surface area contributed by atoms with Gasteiger partial charge in [-0.3, -0.25) is 10.7 Å². The van der Waals surface area contributed by atoms with Gasteiger partial charge in [0.1, 0.15) is 0 Å². The molecule has 0 aliphatic carbocycles. The first-order valence-electron chi connectivity index (χ1n) is 3.60. The van der Waals surface area contributed by atoms with E-state index in [0.717, 1.165) is 25.9 Å². The van der Waals surface area contributed by atoms with E-state index in [1.807, 2.05) is 0 Å². The predicted octanol–water partition coefficient (Wildman–Crippen LogP) is 0.107. The van der Waals surface area contributed by atoms with E-state index in [9.17, 15) is 4.79 Å². The highest BCUT2D eigenvalue weighted by Crippen LogP contribution is 2.05. The van der Waals surface area contributed by atoms with Crippen LogP contribution in [0.25, 0.3) is 0 Å². The Bertz CT molecular complexity index is 178. The van der Waals surface area contributed by atoms with Crippen LogP contribution in [-0.4, -0.2) is 30.0 Å². The fourth-order valence-electron chi connectivity index (χ4n) is 1.14. The zero-order valence-electron chi connectivity index (χ0n) is 6.67. The fourth-order valence-corrected chi connectivity index (χ4v) is 1.14. The summed E-state index contributed by atoms with van der Waals surface area (Å²) in [6, 6.07) is -0.665. The van der Waals surface area contributed by atoms with Gasteiger partial charge in [-0.05, 0) is 12.8 Å². The van der Waals surface area contributed by atoms with E-state index >= 15 is 0 Å². The Morgan fingerprint density at radius 2 is 1.92 bits per heavy atom. The number of hydrogen-bond donors (Lipinski definition) is 3. The van der Waals surface area contributed by atoms with Gasteiger partial charge in [0.15, 0.2) is 5.96 Å². The third kappa shape index (κ3) is 2.96. The molecule has 12 heavy (non-hydrogen) atoms. The van der Waals surface area contributed by atoms with Crippen molar-refractivity contribution in [3.05, 3.63) is 0 Å². The van der Waals surface area contributed by atoms with Gasteiger partial charge in [-0.25, -0.2) is 4.79 Å². The van der Waals surface area contributed by atoms with Gasteiger partial charge in [0.25, 0.3) is 0 Å². The van der Waals surface area contributed by atoms with Crippen molar-refractivity contribution in [2.75, 3.05) is 13.1 Å². The molecule has 0 spiro atoms. The quantitative estimate of drug-likeness (QED) is 0.376. The van der Waals surface area contributed by atoms with Crippen LogP contribution >= 0.6 is 12.4 Å². The number of carbonyl (C=O) groups excluding carboxylic acids is 1. The first kappa shape index (κ1) is 11.0. The van der Waals surface area contributed by atoms with E-state index in [1.165, 1.54) is 0 Å². The minimum Gasteiger partial charge on any atom is -0.351 e. The zero-order valence-corrected chi connectivity index (χ0v) is 7.49. The lowest BCUT2D eigenvalue weighted by Gasteiger charge is -2.17. The molecule has 1 aliphatic rings. The highest BCUT2D eigenvalue weighted by Gasteiger charge is 2.15. The first-order chi connectivity index (χ1) is 5.20. The molecule has 1 rings (SSSR count). The molecule has 2 amide bonds. The van der Waals surface area contributed by atoms with Crippen molar-refractivity contribution in [2.24, 2.45) is 5.73 Å². The van der Waals surface area contributed by atoms with Crippen molar-refractivity contribution < 1.29 is 4.79 Å². The van der Waals surface area contributed by atoms with Gasteiger partial charge in [-0.1, -0.05) is 0 Å². The van der Waals surface area contributed by atoms with E-state index in [2.05, 4.69) is 5.32 Å². The van der Waals surface area contributed by atoms with Gasteiger partial charge < -0.3 is 10.6 Å². The summed E-state index contributed by atoms with van der Waals surface area (Å²) in [5.41, 5.74) is 4.84. The number of hydrogen-bond acceptors (Lipinski definition) is 2. The second-order valence-corrected chi connectivity index (χ2v) is 2.53. The molecule has 1 heterocycles. The van der Waals surface area contributed by atoms with Gasteiger partial charge in [-0.2, -0.15) is 0 Å². The minimum atomic E-state index is -0.665. The lowest BCUT2D eigenvalue weighted by atomic mass is 10.4. The SMILES string of the molecule is Cl.N=C(NC(N)=O)N1CCCC1. The van der Waals surface area contributed by atoms with Gasteiger partial charge in [0.2, 0.25) is 0 Å². The maximum absolute atomic E-state index is 10.3. The van der Waals surface area contributed by atoms with Crippen LogP contribution in [0.15, 0.2) is 0 Å². The van der Waals surface area contributed by atoms with E-state index in [4.69, 9.17) is 11.1 Å². The summed E-state index contributed by atoms with van der Waals surface area (Å²) in [6.07, 6.45) is 2.17. The molecule has 5 nitrogen and oxygen atoms in total. The van der Waals surface area contributed by atoms with E-state index in [-0.39, 0.29) is 18.4 Å². The molecule has 1 aliphatic heterocycles. The molecular formula is C6H13ClN4O. The standard InChI is InChI=1S/C6H12N4O.ClH/c7-5(9-6(8)11)10-3-1-2-4-10;/h1-4H2,(H4,7,8,9,11);1H. The Balaban J connectivity index is 0.00000121. The second-order valence-electron chi connectivity index (χ2n) is 2.53. The molecule has 0 bridgehead atoms. The van der Waals surface area contributed by atoms with Crippen LogP contribution < -0.4 is 11.1 Å². The summed E-state index contributed by atoms with van der Waals surface area (Å²) >= 11 is 0. The van der Waals surface area contributed by atoms with Crippen molar-refractivity contribution in [2.45, 2.75) is 12.8 Å². The molecule has 0 aromatic carbocycles. The molecule has 0 radical (unpaired) electrons. The summed E-state index contributed by atoms with van der Waals surface area (Å²) in [7, 11) is 0. The maximum atomic E-state index is 10.3. The number of carbonyl (C=O) groups is 1. The molecular weight excluding hydrogens is 180 g/mol. The minimum absolute atomic E-state index is 0. The number of likely N-dealkylation sites (tertiary alicyclic amines) is 1. The summed E-state index contributed by atoms with van der Waals surface area (Å²) < 4.78 is 0. The second kappa shape index (κ2) is 4.82. The Morgan fingerprint density at radius 1 is 1.42 bits per heavy atom. The number of amides is 2. The average Bonchev–Trinajstić information content (AvgIpc) is 2.35. The number of guanidine groups is 1. The molecule has 6 heteroatoms. The van der Waals surface area contributed by atoms with E-state index < -0.39 is 6.03 Å². The maximum Gasteiger partial charge on any atom is 0.318 e. The van der Waals surface area contributed by atoms with Crippen LogP contribution in [0.3, 0.4) is 0 Å². The number of nitrogens with zero attached hydrogens (tertiary/aromatic N) is 1. The number of urea groups is 1. The molecule has 1 fully saturated rings. The number of nitrogens with one attached hydrogen (secondary N) is 2. The lowest BCUT2D eigenvalue weighted by molar-refractivity contribution is 0.252. The number of nitrogens with two attached hydrogens (primary N) is 1. The summed E-state index contributed by atoms with van der Waals surface area (Å²) in [6.45, 7) is 1.69. The van der Waals surface area contributed by atoms with Gasteiger partial charge in [0, 0.05) is 13.1 Å². The lowest BCUT2D eigenvalue weighted by Crippen LogP contribution is -2.44. The summed E-state index contributed by atoms with van der Waals surface area (Å²) in [5, 5.41) is 9.56. The Labute approximate surface area is 77.2 Å². The predicted molar refractivity (Wildman–Crippen MR) is 48.5 cm³/mol. The molecule has 0 unspecified atom stereocenters. The molecule has 0 saturated carbocycles. The third-order valence-electron chi connectivity index (χ3n) is 1.66. The highest BCUT2D eigenvalue weighted by molar-refractivity contribution is 5.93. The summed E-state index contributed by atoms with van der Waals surface area (Å²) in [5.74, 6) is 0.120. The van der Waals surface area contributed by atoms with Gasteiger partial charge in [-0.15, -0.1) is 12.4 Å². The molecule has 0 aromatic heterocycles. The Hall–Kier alpha value is -0.970. The number of rotatable bonds is 0. The summed E-state index contributed by atoms with van der Waals surface area (Å²) in [4.78, 5) is 12.1. The Kier molecular flexibility index (Phi) is 4.43. The van der Waals surface area contributed by atoms with Gasteiger partial charge in [0.05, 0.1) is 0 Å². The van der Waals surface area contributed by atoms with Gasteiger partial charge >= 0.3 is 6.03 Å². The monoisotopic (exact) mass is 192 g/mol. The molecule has 0 aromatic rings. The van der Waals surface area contributed by atoms with Crippen LogP contribution in [-0.2, 0) is 0 Å². The molecule has 0 atom stereocenters.